The molecule has 2 aromatic rings. The van der Waals surface area contributed by atoms with Gasteiger partial charge in [-0.2, -0.15) is 0 Å². The van der Waals surface area contributed by atoms with Gasteiger partial charge in [0.1, 0.15) is 0 Å². The predicted molar refractivity (Wildman–Crippen MR) is 98.4 cm³/mol. The molecule has 0 aromatic heterocycles. The van der Waals surface area contributed by atoms with Gasteiger partial charge in [-0.15, -0.1) is 0 Å². The fourth-order valence-electron chi connectivity index (χ4n) is 4.56. The van der Waals surface area contributed by atoms with Crippen LogP contribution in [0.5, 0.6) is 0 Å². The Labute approximate surface area is 161 Å². The predicted octanol–water partition coefficient (Wildman–Crippen LogP) is 6.70. The molecule has 1 unspecified atom stereocenters. The van der Waals surface area contributed by atoms with Crippen LogP contribution in [0.3, 0.4) is 0 Å². The summed E-state index contributed by atoms with van der Waals surface area (Å²) in [5.41, 5.74) is 8.02. The van der Waals surface area contributed by atoms with E-state index in [0.717, 1.165) is 0 Å². The Balaban J connectivity index is 1.68. The van der Waals surface area contributed by atoms with Crippen molar-refractivity contribution in [2.75, 3.05) is 0 Å². The van der Waals surface area contributed by atoms with E-state index in [9.17, 15) is 0 Å². The summed E-state index contributed by atoms with van der Waals surface area (Å²) in [5.74, 6) is 0. The topological polar surface area (TPSA) is 0 Å². The van der Waals surface area contributed by atoms with E-state index in [1.54, 1.807) is 35.9 Å². The van der Waals surface area contributed by atoms with Gasteiger partial charge in [-0.05, 0) is 0 Å². The first-order valence-corrected chi connectivity index (χ1v) is 10.7. The maximum absolute atomic E-state index is 2.54. The molecule has 0 aliphatic heterocycles. The van der Waals surface area contributed by atoms with Gasteiger partial charge in [0.05, 0.1) is 0 Å². The summed E-state index contributed by atoms with van der Waals surface area (Å²) < 4.78 is 0.662. The van der Waals surface area contributed by atoms with Gasteiger partial charge in [0.25, 0.3) is 0 Å². The summed E-state index contributed by atoms with van der Waals surface area (Å²) in [6, 6.07) is 17.8. The minimum absolute atomic E-state index is 0.536. The second-order valence-corrected chi connectivity index (χ2v) is 9.29. The molecule has 1 atom stereocenters. The molecule has 0 amide bonds. The van der Waals surface area contributed by atoms with Crippen LogP contribution < -0.4 is 0 Å². The maximum atomic E-state index is 2.54. The van der Waals surface area contributed by atoms with Crippen molar-refractivity contribution in [1.82, 2.24) is 0 Å². The molecule has 2 aliphatic rings. The standard InChI is InChI=1S/C23H25.Zr/c1-23(13-6-3-7-14-23)17-18-15-20-11-8-12-21(22(20)16-18)19-9-4-2-5-10-19;/h2,4-5,8-12,15-16H,3,6-7,13-14,17H2,1H3;. The van der Waals surface area contributed by atoms with Crippen LogP contribution in [0.4, 0.5) is 0 Å². The molecule has 0 N–H and O–H groups in total. The molecule has 121 valence electrons. The fourth-order valence-corrected chi connectivity index (χ4v) is 5.64. The Hall–Kier alpha value is -0.937. The van der Waals surface area contributed by atoms with E-state index in [4.69, 9.17) is 0 Å². The Bertz CT molecular complexity index is 751. The van der Waals surface area contributed by atoms with E-state index in [-0.39, 0.29) is 0 Å². The van der Waals surface area contributed by atoms with Crippen molar-refractivity contribution in [2.45, 2.75) is 49.1 Å². The molecule has 4 rings (SSSR count). The molecule has 24 heavy (non-hydrogen) atoms. The number of rotatable bonds is 3. The van der Waals surface area contributed by atoms with E-state index >= 15 is 0 Å². The van der Waals surface area contributed by atoms with E-state index in [1.807, 2.05) is 0 Å². The van der Waals surface area contributed by atoms with Gasteiger partial charge >= 0.3 is 162 Å². The minimum atomic E-state index is 0.536. The molecule has 1 fully saturated rings. The zero-order chi connectivity index (χ0) is 16.6. The first-order chi connectivity index (χ1) is 11.7. The molecule has 1 heteroatoms. The summed E-state index contributed by atoms with van der Waals surface area (Å²) in [6.45, 7) is 2.52. The van der Waals surface area contributed by atoms with Crippen LogP contribution in [-0.2, 0) is 24.7 Å². The summed E-state index contributed by atoms with van der Waals surface area (Å²) in [5, 5.41) is 0. The van der Waals surface area contributed by atoms with Crippen molar-refractivity contribution in [3.05, 3.63) is 65.2 Å². The van der Waals surface area contributed by atoms with Crippen molar-refractivity contribution >= 4 is 6.08 Å². The zero-order valence-electron chi connectivity index (χ0n) is 14.5. The molecule has 0 bridgehead atoms. The van der Waals surface area contributed by atoms with Crippen LogP contribution in [0.2, 0.25) is 0 Å². The number of hydrogen-bond donors (Lipinski definition) is 0. The Kier molecular flexibility index (Phi) is 4.65. The summed E-state index contributed by atoms with van der Waals surface area (Å²) in [4.78, 5) is 0. The Morgan fingerprint density at radius 1 is 0.958 bits per heavy atom. The van der Waals surface area contributed by atoms with Gasteiger partial charge in [0.2, 0.25) is 0 Å². The average molecular weight is 393 g/mol. The third-order valence-corrected chi connectivity index (χ3v) is 7.60. The Morgan fingerprint density at radius 3 is 2.46 bits per heavy atom. The quantitative estimate of drug-likeness (QED) is 0.545. The number of benzene rings is 2. The molecule has 2 aliphatic carbocycles. The molecule has 0 nitrogen and oxygen atoms in total. The van der Waals surface area contributed by atoms with Gasteiger partial charge in [0, 0.05) is 0 Å². The van der Waals surface area contributed by atoms with E-state index in [0.29, 0.717) is 9.04 Å². The van der Waals surface area contributed by atoms with Crippen molar-refractivity contribution in [3.8, 4) is 11.1 Å². The van der Waals surface area contributed by atoms with Gasteiger partial charge in [0.15, 0.2) is 0 Å². The second kappa shape index (κ2) is 6.76. The first-order valence-electron chi connectivity index (χ1n) is 9.26. The molecular weight excluding hydrogens is 367 g/mol. The van der Waals surface area contributed by atoms with Gasteiger partial charge in [-0.1, -0.05) is 0 Å². The molecule has 0 radical (unpaired) electrons. The first kappa shape index (κ1) is 16.5. The van der Waals surface area contributed by atoms with Gasteiger partial charge in [-0.25, -0.2) is 0 Å². The normalized spacial score (nSPS) is 22.0. The molecule has 1 saturated carbocycles. The number of hydrogen-bond acceptors (Lipinski definition) is 0. The van der Waals surface area contributed by atoms with Gasteiger partial charge < -0.3 is 0 Å². The Morgan fingerprint density at radius 2 is 1.71 bits per heavy atom. The van der Waals surface area contributed by atoms with Crippen LogP contribution in [0, 0.1) is 5.41 Å². The van der Waals surface area contributed by atoms with Crippen LogP contribution >= 0.6 is 0 Å². The summed E-state index contributed by atoms with van der Waals surface area (Å²) in [7, 11) is 0. The van der Waals surface area contributed by atoms with Crippen LogP contribution in [0.15, 0.2) is 54.1 Å². The zero-order valence-corrected chi connectivity index (χ0v) is 17.0. The molecule has 0 spiro atoms. The van der Waals surface area contributed by atoms with Gasteiger partial charge in [-0.3, -0.25) is 0 Å². The summed E-state index contributed by atoms with van der Waals surface area (Å²) >= 11 is 1.64. The fraction of sp³-hybridized carbons (Fsp3) is 0.391. The molecule has 0 heterocycles. The van der Waals surface area contributed by atoms with Crippen molar-refractivity contribution in [2.24, 2.45) is 5.41 Å². The van der Waals surface area contributed by atoms with Crippen molar-refractivity contribution in [3.63, 3.8) is 0 Å². The second-order valence-electron chi connectivity index (χ2n) is 7.87. The number of allylic oxidation sites excluding steroid dienone is 1. The van der Waals surface area contributed by atoms with Crippen LogP contribution in [-0.4, -0.2) is 0 Å². The molecule has 0 saturated heterocycles. The molecule has 2 aromatic carbocycles. The van der Waals surface area contributed by atoms with Crippen molar-refractivity contribution < 1.29 is 24.7 Å². The summed E-state index contributed by atoms with van der Waals surface area (Å²) in [6.07, 6.45) is 10.9. The third-order valence-electron chi connectivity index (χ3n) is 5.93. The van der Waals surface area contributed by atoms with Crippen molar-refractivity contribution in [1.29, 1.82) is 0 Å². The number of fused-ring (bicyclic) bond motifs is 1. The van der Waals surface area contributed by atoms with E-state index in [2.05, 4.69) is 61.5 Å². The van der Waals surface area contributed by atoms with E-state index in [1.165, 1.54) is 55.2 Å². The van der Waals surface area contributed by atoms with Crippen LogP contribution in [0.1, 0.15) is 60.2 Å². The SMILES string of the molecule is CC1(CC2=Cc3c(-c4ccccc4)cccc3[CH]2[Zr])CCCCC1. The third kappa shape index (κ3) is 3.13. The van der Waals surface area contributed by atoms with E-state index < -0.39 is 0 Å². The average Bonchev–Trinajstić information content (AvgIpc) is 2.92. The van der Waals surface area contributed by atoms with Crippen LogP contribution in [0.25, 0.3) is 17.2 Å². The monoisotopic (exact) mass is 391 g/mol. The molecular formula is C23H25Zr.